The lowest BCUT2D eigenvalue weighted by atomic mass is 9.83. The largest absolute Gasteiger partial charge is 0.396 e. The molecule has 1 aromatic heterocycles. The van der Waals surface area contributed by atoms with Crippen molar-refractivity contribution in [2.75, 3.05) is 26.3 Å². The third kappa shape index (κ3) is 3.12. The highest BCUT2D eigenvalue weighted by molar-refractivity contribution is 7.09. The predicted octanol–water partition coefficient (Wildman–Crippen LogP) is 2.23. The lowest BCUT2D eigenvalue weighted by molar-refractivity contribution is 0.0353. The van der Waals surface area contributed by atoms with E-state index in [2.05, 4.69) is 4.98 Å². The second-order valence-corrected chi connectivity index (χ2v) is 7.26. The van der Waals surface area contributed by atoms with Gasteiger partial charge in [0.15, 0.2) is 0 Å². The average molecular weight is 310 g/mol. The van der Waals surface area contributed by atoms with Gasteiger partial charge in [-0.3, -0.25) is 4.79 Å². The number of nitrogens with zero attached hydrogens (tertiary/aromatic N) is 2. The monoisotopic (exact) mass is 310 g/mol. The molecule has 2 atom stereocenters. The molecule has 2 aliphatic heterocycles. The molecule has 5 nitrogen and oxygen atoms in total. The van der Waals surface area contributed by atoms with Crippen LogP contribution in [0.5, 0.6) is 0 Å². The van der Waals surface area contributed by atoms with E-state index in [1.807, 2.05) is 17.2 Å². The van der Waals surface area contributed by atoms with Crippen molar-refractivity contribution in [2.45, 2.75) is 38.7 Å². The number of aliphatic hydroxyl groups is 1. The summed E-state index contributed by atoms with van der Waals surface area (Å²) in [6, 6.07) is 0. The Kier molecular flexibility index (Phi) is 4.28. The van der Waals surface area contributed by atoms with E-state index in [9.17, 15) is 9.90 Å². The Morgan fingerprint density at radius 1 is 1.62 bits per heavy atom. The van der Waals surface area contributed by atoms with E-state index < -0.39 is 0 Å². The van der Waals surface area contributed by atoms with Crippen LogP contribution in [0.3, 0.4) is 0 Å². The Hall–Kier alpha value is -0.980. The maximum absolute atomic E-state index is 12.6. The molecule has 116 valence electrons. The summed E-state index contributed by atoms with van der Waals surface area (Å²) in [5, 5.41) is 12.3. The van der Waals surface area contributed by atoms with Crippen LogP contribution in [-0.2, 0) is 4.74 Å². The summed E-state index contributed by atoms with van der Waals surface area (Å²) < 4.78 is 5.62. The highest BCUT2D eigenvalue weighted by Crippen LogP contribution is 2.32. The van der Waals surface area contributed by atoms with E-state index in [-0.39, 0.29) is 24.0 Å². The number of hydrogen-bond donors (Lipinski definition) is 1. The summed E-state index contributed by atoms with van der Waals surface area (Å²) in [6.45, 7) is 4.30. The van der Waals surface area contributed by atoms with Crippen LogP contribution < -0.4 is 0 Å². The van der Waals surface area contributed by atoms with Crippen LogP contribution in [0.25, 0.3) is 0 Å². The molecule has 2 saturated heterocycles. The first-order valence-electron chi connectivity index (χ1n) is 7.58. The number of amides is 1. The SMILES string of the molecule is CC1(CO)CCCN(C(=O)c2csc(C3CCCO3)n2)C1. The van der Waals surface area contributed by atoms with Gasteiger partial charge in [0, 0.05) is 30.5 Å². The number of ether oxygens (including phenoxy) is 1. The zero-order valence-corrected chi connectivity index (χ0v) is 13.2. The second kappa shape index (κ2) is 6.02. The molecule has 3 heterocycles. The molecule has 1 amide bonds. The average Bonchev–Trinajstić information content (AvgIpc) is 3.17. The van der Waals surface area contributed by atoms with Crippen LogP contribution in [0.2, 0.25) is 0 Å². The molecule has 3 rings (SSSR count). The van der Waals surface area contributed by atoms with Crippen molar-refractivity contribution < 1.29 is 14.6 Å². The first-order valence-corrected chi connectivity index (χ1v) is 8.46. The van der Waals surface area contributed by atoms with Crippen molar-refractivity contribution in [2.24, 2.45) is 5.41 Å². The van der Waals surface area contributed by atoms with E-state index in [1.165, 1.54) is 11.3 Å². The number of thiazole rings is 1. The van der Waals surface area contributed by atoms with Crippen molar-refractivity contribution in [3.05, 3.63) is 16.1 Å². The quantitative estimate of drug-likeness (QED) is 0.930. The molecule has 0 bridgehead atoms. The van der Waals surface area contributed by atoms with Gasteiger partial charge in [0.25, 0.3) is 5.91 Å². The van der Waals surface area contributed by atoms with Gasteiger partial charge in [-0.2, -0.15) is 0 Å². The second-order valence-electron chi connectivity index (χ2n) is 6.37. The Balaban J connectivity index is 1.70. The van der Waals surface area contributed by atoms with E-state index in [0.29, 0.717) is 12.2 Å². The molecular weight excluding hydrogens is 288 g/mol. The maximum atomic E-state index is 12.6. The number of rotatable bonds is 3. The lowest BCUT2D eigenvalue weighted by Crippen LogP contribution is -2.46. The fourth-order valence-corrected chi connectivity index (χ4v) is 3.96. The summed E-state index contributed by atoms with van der Waals surface area (Å²) in [6.07, 6.45) is 4.03. The molecule has 1 aromatic rings. The van der Waals surface area contributed by atoms with Gasteiger partial charge in [0.1, 0.15) is 16.8 Å². The van der Waals surface area contributed by atoms with Crippen LogP contribution in [0.15, 0.2) is 5.38 Å². The smallest absolute Gasteiger partial charge is 0.273 e. The van der Waals surface area contributed by atoms with Crippen LogP contribution in [0, 0.1) is 5.41 Å². The van der Waals surface area contributed by atoms with Gasteiger partial charge < -0.3 is 14.7 Å². The van der Waals surface area contributed by atoms with Gasteiger partial charge in [-0.25, -0.2) is 4.98 Å². The van der Waals surface area contributed by atoms with Crippen molar-refractivity contribution in [1.29, 1.82) is 0 Å². The van der Waals surface area contributed by atoms with Gasteiger partial charge in [-0.1, -0.05) is 6.92 Å². The molecule has 21 heavy (non-hydrogen) atoms. The highest BCUT2D eigenvalue weighted by atomic mass is 32.1. The lowest BCUT2D eigenvalue weighted by Gasteiger charge is -2.39. The minimum Gasteiger partial charge on any atom is -0.396 e. The topological polar surface area (TPSA) is 62.7 Å². The fourth-order valence-electron chi connectivity index (χ4n) is 3.09. The Bertz CT molecular complexity index is 513. The molecule has 0 spiro atoms. The molecule has 0 radical (unpaired) electrons. The minimum atomic E-state index is -0.179. The summed E-state index contributed by atoms with van der Waals surface area (Å²) in [4.78, 5) is 18.9. The number of aromatic nitrogens is 1. The molecule has 2 unspecified atom stereocenters. The minimum absolute atomic E-state index is 0.0186. The Morgan fingerprint density at radius 3 is 3.19 bits per heavy atom. The summed E-state index contributed by atoms with van der Waals surface area (Å²) >= 11 is 1.51. The highest BCUT2D eigenvalue weighted by Gasteiger charge is 2.34. The number of aliphatic hydroxyl groups excluding tert-OH is 1. The van der Waals surface area contributed by atoms with E-state index in [1.54, 1.807) is 0 Å². The predicted molar refractivity (Wildman–Crippen MR) is 80.4 cm³/mol. The molecule has 0 aliphatic carbocycles. The maximum Gasteiger partial charge on any atom is 0.273 e. The first-order chi connectivity index (χ1) is 10.1. The van der Waals surface area contributed by atoms with Gasteiger partial charge in [0.2, 0.25) is 0 Å². The third-order valence-electron chi connectivity index (χ3n) is 4.40. The molecule has 1 N–H and O–H groups in total. The zero-order valence-electron chi connectivity index (χ0n) is 12.4. The summed E-state index contributed by atoms with van der Waals surface area (Å²) in [5.74, 6) is -0.0186. The molecule has 2 aliphatic rings. The molecule has 6 heteroatoms. The third-order valence-corrected chi connectivity index (χ3v) is 5.33. The number of likely N-dealkylation sites (tertiary alicyclic amines) is 1. The van der Waals surface area contributed by atoms with Crippen LogP contribution in [0.4, 0.5) is 0 Å². The van der Waals surface area contributed by atoms with Crippen LogP contribution in [-0.4, -0.2) is 47.2 Å². The molecule has 0 saturated carbocycles. The Morgan fingerprint density at radius 2 is 2.48 bits per heavy atom. The number of carbonyl (C=O) groups is 1. The van der Waals surface area contributed by atoms with Crippen molar-refractivity contribution in [1.82, 2.24) is 9.88 Å². The zero-order chi connectivity index (χ0) is 14.9. The Labute approximate surface area is 128 Å². The molecule has 0 aromatic carbocycles. The van der Waals surface area contributed by atoms with Gasteiger partial charge in [0.05, 0.1) is 6.61 Å². The van der Waals surface area contributed by atoms with E-state index in [0.717, 1.165) is 43.8 Å². The van der Waals surface area contributed by atoms with Crippen LogP contribution in [0.1, 0.15) is 54.2 Å². The number of piperidine rings is 1. The van der Waals surface area contributed by atoms with Gasteiger partial charge >= 0.3 is 0 Å². The number of hydrogen-bond acceptors (Lipinski definition) is 5. The van der Waals surface area contributed by atoms with Crippen LogP contribution >= 0.6 is 11.3 Å². The number of carbonyl (C=O) groups excluding carboxylic acids is 1. The molecule has 2 fully saturated rings. The van der Waals surface area contributed by atoms with Gasteiger partial charge in [-0.15, -0.1) is 11.3 Å². The van der Waals surface area contributed by atoms with Crippen molar-refractivity contribution >= 4 is 17.2 Å². The first kappa shape index (κ1) is 14.9. The van der Waals surface area contributed by atoms with E-state index in [4.69, 9.17) is 4.74 Å². The standard InChI is InChI=1S/C15H22N2O3S/c1-15(10-18)5-3-6-17(9-15)14(19)11-8-21-13(16-11)12-4-2-7-20-12/h8,12,18H,2-7,9-10H2,1H3. The van der Waals surface area contributed by atoms with E-state index >= 15 is 0 Å². The fraction of sp³-hybridized carbons (Fsp3) is 0.733. The molecular formula is C15H22N2O3S. The normalized spacial score (nSPS) is 29.8. The summed E-state index contributed by atoms with van der Waals surface area (Å²) in [7, 11) is 0. The summed E-state index contributed by atoms with van der Waals surface area (Å²) in [5.41, 5.74) is 0.342. The van der Waals surface area contributed by atoms with Crippen molar-refractivity contribution in [3.63, 3.8) is 0 Å². The van der Waals surface area contributed by atoms with Crippen molar-refractivity contribution in [3.8, 4) is 0 Å². The van der Waals surface area contributed by atoms with Gasteiger partial charge in [-0.05, 0) is 25.7 Å².